The lowest BCUT2D eigenvalue weighted by Crippen LogP contribution is -2.57. The molecule has 0 radical (unpaired) electrons. The Morgan fingerprint density at radius 3 is 2.61 bits per heavy atom. The van der Waals surface area contributed by atoms with Crippen LogP contribution in [0.1, 0.15) is 23.6 Å². The molecule has 1 unspecified atom stereocenters. The molecule has 8 nitrogen and oxygen atoms in total. The van der Waals surface area contributed by atoms with Gasteiger partial charge in [0.15, 0.2) is 0 Å². The van der Waals surface area contributed by atoms with Crippen molar-refractivity contribution in [3.8, 4) is 0 Å². The number of halogens is 2. The second kappa shape index (κ2) is 10.1. The van der Waals surface area contributed by atoms with Gasteiger partial charge in [-0.05, 0) is 30.5 Å². The van der Waals surface area contributed by atoms with E-state index in [-0.39, 0.29) is 17.8 Å². The number of hydrogen-bond acceptors (Lipinski definition) is 5. The normalized spacial score (nSPS) is 30.3. The number of benzene rings is 2. The van der Waals surface area contributed by atoms with E-state index in [4.69, 9.17) is 16.3 Å². The van der Waals surface area contributed by atoms with E-state index in [0.29, 0.717) is 16.3 Å². The number of carboxylic acids is 1. The highest BCUT2D eigenvalue weighted by Gasteiger charge is 2.77. The number of carbonyl (C=O) groups excluding carboxylic acids is 2. The summed E-state index contributed by atoms with van der Waals surface area (Å²) in [5, 5.41) is 21.0. The molecule has 7 atom stereocenters. The molecule has 5 rings (SSSR count). The molecule has 0 aromatic heterocycles. The van der Waals surface area contributed by atoms with Gasteiger partial charge in [-0.2, -0.15) is 0 Å². The van der Waals surface area contributed by atoms with Gasteiger partial charge in [-0.1, -0.05) is 76.1 Å². The molecule has 3 heterocycles. The van der Waals surface area contributed by atoms with E-state index >= 15 is 0 Å². The highest BCUT2D eigenvalue weighted by Crippen LogP contribution is 2.61. The zero-order chi connectivity index (χ0) is 27.4. The molecule has 2 amide bonds. The van der Waals surface area contributed by atoms with Crippen molar-refractivity contribution < 1.29 is 29.3 Å². The number of carboxylic acid groups (broad SMARTS) is 1. The minimum absolute atomic E-state index is 0.0986. The van der Waals surface area contributed by atoms with Gasteiger partial charge in [0.2, 0.25) is 5.91 Å². The molecule has 2 aromatic rings. The minimum atomic E-state index is -1.40. The van der Waals surface area contributed by atoms with Gasteiger partial charge in [0.05, 0.1) is 41.3 Å². The molecule has 3 aliphatic heterocycles. The lowest BCUT2D eigenvalue weighted by atomic mass is 9.70. The lowest BCUT2D eigenvalue weighted by molar-refractivity contribution is -0.151. The lowest BCUT2D eigenvalue weighted by Gasteiger charge is -2.40. The Hall–Kier alpha value is -2.72. The number of aliphatic hydroxyl groups excluding tert-OH is 1. The standard InChI is InChI=1S/C28H28BrClN2O6/c1-3-12-31(22-15(2)8-7-11-18(22)30)26(35)24-28-13-17(29)23(38-28)20(27(36)37)21(28)25(34)32(24)19(14-33)16-9-5-4-6-10-16/h3-11,17,19-21,23-24,33H,1,12-14H2,2H3,(H,36,37)/t17?,19-,20-,21+,23-,24-,28+/m1/s1. The SMILES string of the molecule is C=CCN(C(=O)[C@H]1N([C@H](CO)c2ccccc2)C(=O)[C@@H]2[C@@H](C(=O)O)[C@@H]3O[C@@]21CC3Br)c1c(C)cccc1Cl. The number of aliphatic hydroxyl groups is 1. The van der Waals surface area contributed by atoms with E-state index in [1.807, 2.05) is 19.1 Å². The average Bonchev–Trinajstić information content (AvgIpc) is 3.48. The summed E-state index contributed by atoms with van der Waals surface area (Å²) < 4.78 is 6.38. The van der Waals surface area contributed by atoms with Gasteiger partial charge < -0.3 is 24.7 Å². The van der Waals surface area contributed by atoms with Crippen molar-refractivity contribution in [2.24, 2.45) is 11.8 Å². The Labute approximate surface area is 233 Å². The van der Waals surface area contributed by atoms with Crippen molar-refractivity contribution in [1.82, 2.24) is 4.90 Å². The first-order valence-electron chi connectivity index (χ1n) is 12.4. The Morgan fingerprint density at radius 2 is 2.00 bits per heavy atom. The number of nitrogens with zero attached hydrogens (tertiary/aromatic N) is 2. The van der Waals surface area contributed by atoms with Crippen LogP contribution in [-0.2, 0) is 19.1 Å². The molecule has 0 aliphatic carbocycles. The maximum atomic E-state index is 14.7. The molecule has 0 saturated carbocycles. The number of para-hydroxylation sites is 1. The molecule has 200 valence electrons. The molecule has 10 heteroatoms. The van der Waals surface area contributed by atoms with Crippen LogP contribution in [0.4, 0.5) is 5.69 Å². The number of alkyl halides is 1. The third-order valence-electron chi connectivity index (χ3n) is 7.98. The van der Waals surface area contributed by atoms with Crippen LogP contribution in [0.25, 0.3) is 0 Å². The zero-order valence-corrected chi connectivity index (χ0v) is 23.0. The summed E-state index contributed by atoms with van der Waals surface area (Å²) in [4.78, 5) is 43.7. The molecular weight excluding hydrogens is 576 g/mol. The minimum Gasteiger partial charge on any atom is -0.481 e. The number of fused-ring (bicyclic) bond motifs is 1. The van der Waals surface area contributed by atoms with Crippen molar-refractivity contribution in [2.45, 2.75) is 42.0 Å². The Bertz CT molecular complexity index is 1270. The van der Waals surface area contributed by atoms with Crippen LogP contribution in [-0.4, -0.2) is 68.6 Å². The number of ether oxygens (including phenoxy) is 1. The van der Waals surface area contributed by atoms with Crippen LogP contribution in [0.2, 0.25) is 5.02 Å². The molecule has 2 N–H and O–H groups in total. The van der Waals surface area contributed by atoms with Crippen molar-refractivity contribution in [3.05, 3.63) is 77.3 Å². The average molecular weight is 604 g/mol. The van der Waals surface area contributed by atoms with E-state index in [0.717, 1.165) is 5.56 Å². The molecule has 1 spiro atoms. The molecule has 3 fully saturated rings. The first-order valence-corrected chi connectivity index (χ1v) is 13.7. The Balaban J connectivity index is 1.70. The fourth-order valence-corrected chi connectivity index (χ4v) is 7.79. The molecule has 38 heavy (non-hydrogen) atoms. The van der Waals surface area contributed by atoms with Gasteiger partial charge in [0.25, 0.3) is 5.91 Å². The van der Waals surface area contributed by atoms with E-state index in [1.54, 1.807) is 42.5 Å². The third kappa shape index (κ3) is 3.90. The van der Waals surface area contributed by atoms with Gasteiger partial charge in [-0.25, -0.2) is 0 Å². The number of hydrogen-bond donors (Lipinski definition) is 2. The number of likely N-dealkylation sites (tertiary alicyclic amines) is 1. The third-order valence-corrected chi connectivity index (χ3v) is 9.13. The van der Waals surface area contributed by atoms with Crippen LogP contribution in [0, 0.1) is 18.8 Å². The van der Waals surface area contributed by atoms with Crippen molar-refractivity contribution >= 4 is 51.0 Å². The summed E-state index contributed by atoms with van der Waals surface area (Å²) in [6.45, 7) is 5.28. The van der Waals surface area contributed by atoms with E-state index in [9.17, 15) is 24.6 Å². The number of carbonyl (C=O) groups is 3. The number of amides is 2. The van der Waals surface area contributed by atoms with Crippen molar-refractivity contribution in [2.75, 3.05) is 18.1 Å². The maximum Gasteiger partial charge on any atom is 0.310 e. The molecule has 2 aromatic carbocycles. The fraction of sp³-hybridized carbons (Fsp3) is 0.393. The second-order valence-corrected chi connectivity index (χ2v) is 11.6. The van der Waals surface area contributed by atoms with Crippen LogP contribution in [0.5, 0.6) is 0 Å². The van der Waals surface area contributed by atoms with Crippen molar-refractivity contribution in [1.29, 1.82) is 0 Å². The van der Waals surface area contributed by atoms with Gasteiger partial charge in [0, 0.05) is 11.4 Å². The summed E-state index contributed by atoms with van der Waals surface area (Å²) in [6, 6.07) is 12.1. The van der Waals surface area contributed by atoms with Crippen molar-refractivity contribution in [3.63, 3.8) is 0 Å². The monoisotopic (exact) mass is 602 g/mol. The highest BCUT2D eigenvalue weighted by molar-refractivity contribution is 9.09. The summed E-state index contributed by atoms with van der Waals surface area (Å²) in [6.07, 6.45) is 1.07. The first-order chi connectivity index (χ1) is 18.2. The maximum absolute atomic E-state index is 14.7. The second-order valence-electron chi connectivity index (χ2n) is 10.00. The zero-order valence-electron chi connectivity index (χ0n) is 20.7. The quantitative estimate of drug-likeness (QED) is 0.352. The fourth-order valence-electron chi connectivity index (χ4n) is 6.53. The Morgan fingerprint density at radius 1 is 1.29 bits per heavy atom. The molecular formula is C28H28BrClN2O6. The predicted molar refractivity (Wildman–Crippen MR) is 145 cm³/mol. The van der Waals surface area contributed by atoms with Crippen LogP contribution < -0.4 is 4.90 Å². The van der Waals surface area contributed by atoms with Gasteiger partial charge >= 0.3 is 5.97 Å². The van der Waals surface area contributed by atoms with Gasteiger partial charge in [-0.3, -0.25) is 14.4 Å². The summed E-state index contributed by atoms with van der Waals surface area (Å²) in [7, 11) is 0. The largest absolute Gasteiger partial charge is 0.481 e. The predicted octanol–water partition coefficient (Wildman–Crippen LogP) is 3.73. The smallest absolute Gasteiger partial charge is 0.310 e. The highest BCUT2D eigenvalue weighted by atomic mass is 79.9. The number of aryl methyl sites for hydroxylation is 1. The first kappa shape index (κ1) is 26.9. The number of anilines is 1. The summed E-state index contributed by atoms with van der Waals surface area (Å²) in [5.41, 5.74) is 0.452. The number of rotatable bonds is 8. The number of aliphatic carboxylic acids is 1. The van der Waals surface area contributed by atoms with E-state index in [1.165, 1.54) is 9.80 Å². The van der Waals surface area contributed by atoms with Gasteiger partial charge in [-0.15, -0.1) is 6.58 Å². The Kier molecular flexibility index (Phi) is 7.15. The van der Waals surface area contributed by atoms with Gasteiger partial charge in [0.1, 0.15) is 11.6 Å². The van der Waals surface area contributed by atoms with E-state index in [2.05, 4.69) is 22.5 Å². The molecule has 2 bridgehead atoms. The van der Waals surface area contributed by atoms with Crippen LogP contribution in [0.15, 0.2) is 61.2 Å². The summed E-state index contributed by atoms with van der Waals surface area (Å²) in [5.74, 6) is -4.36. The topological polar surface area (TPSA) is 107 Å². The van der Waals surface area contributed by atoms with E-state index < -0.39 is 60.0 Å². The van der Waals surface area contributed by atoms with Crippen LogP contribution in [0.3, 0.4) is 0 Å². The summed E-state index contributed by atoms with van der Waals surface area (Å²) >= 11 is 10.1. The molecule has 3 aliphatic rings. The molecule has 3 saturated heterocycles. The van der Waals surface area contributed by atoms with Crippen LogP contribution >= 0.6 is 27.5 Å².